The first-order valence-corrected chi connectivity index (χ1v) is 10.9. The molecular formula is C25H26N4O3. The highest BCUT2D eigenvalue weighted by Crippen LogP contribution is 2.36. The zero-order valence-corrected chi connectivity index (χ0v) is 18.5. The van der Waals surface area contributed by atoms with Crippen LogP contribution in [0.4, 0.5) is 5.69 Å². The van der Waals surface area contributed by atoms with Crippen LogP contribution in [0, 0.1) is 5.92 Å². The molecule has 4 heterocycles. The molecule has 164 valence electrons. The number of anilines is 1. The van der Waals surface area contributed by atoms with E-state index in [4.69, 9.17) is 4.74 Å². The lowest BCUT2D eigenvalue weighted by Crippen LogP contribution is -2.40. The van der Waals surface area contributed by atoms with E-state index in [1.54, 1.807) is 11.0 Å². The second-order valence-corrected chi connectivity index (χ2v) is 8.65. The minimum Gasteiger partial charge on any atom is -0.452 e. The maximum atomic E-state index is 12.8. The summed E-state index contributed by atoms with van der Waals surface area (Å²) in [6.45, 7) is 1.60. The molecule has 1 aromatic carbocycles. The molecule has 0 saturated carbocycles. The zero-order valence-electron chi connectivity index (χ0n) is 18.5. The summed E-state index contributed by atoms with van der Waals surface area (Å²) < 4.78 is 7.83. The summed E-state index contributed by atoms with van der Waals surface area (Å²) in [6.07, 6.45) is 7.26. The molecule has 1 saturated heterocycles. The van der Waals surface area contributed by atoms with Crippen molar-refractivity contribution < 1.29 is 14.3 Å². The van der Waals surface area contributed by atoms with E-state index in [9.17, 15) is 9.59 Å². The van der Waals surface area contributed by atoms with Gasteiger partial charge in [0.1, 0.15) is 11.4 Å². The van der Waals surface area contributed by atoms with Gasteiger partial charge in [0.15, 0.2) is 5.76 Å². The average Bonchev–Trinajstić information content (AvgIpc) is 3.30. The number of allylic oxidation sites excluding steroid dienone is 1. The lowest BCUT2D eigenvalue weighted by molar-refractivity contribution is -0.133. The fourth-order valence-corrected chi connectivity index (χ4v) is 4.70. The number of benzene rings is 1. The number of fused-ring (bicyclic) bond motifs is 2. The van der Waals surface area contributed by atoms with Crippen LogP contribution in [0.2, 0.25) is 0 Å². The molecule has 7 nitrogen and oxygen atoms in total. The summed E-state index contributed by atoms with van der Waals surface area (Å²) in [4.78, 5) is 33.8. The second kappa shape index (κ2) is 7.82. The van der Waals surface area contributed by atoms with Crippen molar-refractivity contribution in [2.45, 2.75) is 12.8 Å². The molecule has 0 atom stereocenters. The zero-order chi connectivity index (χ0) is 22.4. The third-order valence-corrected chi connectivity index (χ3v) is 6.35. The highest BCUT2D eigenvalue weighted by molar-refractivity contribution is 6.15. The Morgan fingerprint density at radius 3 is 2.66 bits per heavy atom. The number of carbonyl (C=O) groups is 2. The van der Waals surface area contributed by atoms with E-state index in [0.29, 0.717) is 17.1 Å². The molecule has 2 aromatic heterocycles. The summed E-state index contributed by atoms with van der Waals surface area (Å²) in [5.74, 6) is 1.08. The Morgan fingerprint density at radius 1 is 1.19 bits per heavy atom. The molecular weight excluding hydrogens is 404 g/mol. The maximum Gasteiger partial charge on any atom is 0.231 e. The number of piperidine rings is 1. The molecule has 0 bridgehead atoms. The minimum absolute atomic E-state index is 0.0685. The SMILES string of the molecule is CN(C)C(=O)C1CCN(c2ccnc3c2c(/C=C2\Oc4ccccc4C2=O)cn3C)CC1. The minimum atomic E-state index is -0.106. The number of hydrogen-bond acceptors (Lipinski definition) is 5. The van der Waals surface area contributed by atoms with E-state index in [1.807, 2.05) is 68.4 Å². The van der Waals surface area contributed by atoms with Crippen LogP contribution in [0.25, 0.3) is 17.1 Å². The molecule has 0 aliphatic carbocycles. The van der Waals surface area contributed by atoms with Crippen molar-refractivity contribution in [1.82, 2.24) is 14.5 Å². The topological polar surface area (TPSA) is 67.7 Å². The molecule has 2 aliphatic heterocycles. The monoisotopic (exact) mass is 430 g/mol. The molecule has 2 aliphatic rings. The van der Waals surface area contributed by atoms with E-state index >= 15 is 0 Å². The number of aromatic nitrogens is 2. The van der Waals surface area contributed by atoms with E-state index in [2.05, 4.69) is 9.88 Å². The predicted octanol–water partition coefficient (Wildman–Crippen LogP) is 3.49. The number of amides is 1. The van der Waals surface area contributed by atoms with Crippen LogP contribution < -0.4 is 9.64 Å². The van der Waals surface area contributed by atoms with E-state index in [-0.39, 0.29) is 17.6 Å². The maximum absolute atomic E-state index is 12.8. The van der Waals surface area contributed by atoms with Crippen molar-refractivity contribution in [1.29, 1.82) is 0 Å². The third-order valence-electron chi connectivity index (χ3n) is 6.35. The summed E-state index contributed by atoms with van der Waals surface area (Å²) in [7, 11) is 5.58. The highest BCUT2D eigenvalue weighted by atomic mass is 16.5. The number of hydrogen-bond donors (Lipinski definition) is 0. The van der Waals surface area contributed by atoms with Crippen LogP contribution in [0.1, 0.15) is 28.8 Å². The number of nitrogens with zero attached hydrogens (tertiary/aromatic N) is 4. The number of ether oxygens (including phenoxy) is 1. The Kier molecular flexibility index (Phi) is 4.96. The molecule has 0 N–H and O–H groups in total. The third kappa shape index (κ3) is 3.34. The second-order valence-electron chi connectivity index (χ2n) is 8.65. The Morgan fingerprint density at radius 2 is 1.94 bits per heavy atom. The van der Waals surface area contributed by atoms with Gasteiger partial charge in [-0.3, -0.25) is 9.59 Å². The van der Waals surface area contributed by atoms with E-state index in [0.717, 1.165) is 48.2 Å². The van der Waals surface area contributed by atoms with Gasteiger partial charge in [0.25, 0.3) is 0 Å². The van der Waals surface area contributed by atoms with Gasteiger partial charge in [-0.1, -0.05) is 12.1 Å². The van der Waals surface area contributed by atoms with Crippen molar-refractivity contribution >= 4 is 34.5 Å². The number of Topliss-reactive ketones (excluding diaryl/α,β-unsaturated/α-hetero) is 1. The number of pyridine rings is 1. The van der Waals surface area contributed by atoms with Gasteiger partial charge in [-0.15, -0.1) is 0 Å². The van der Waals surface area contributed by atoms with Gasteiger partial charge in [0, 0.05) is 69.2 Å². The van der Waals surface area contributed by atoms with Crippen LogP contribution >= 0.6 is 0 Å². The molecule has 3 aromatic rings. The number of rotatable bonds is 3. The molecule has 7 heteroatoms. The molecule has 0 unspecified atom stereocenters. The standard InChI is InChI=1S/C25H26N4O3/c1-27(2)25(31)16-9-12-29(13-10-16)19-8-11-26-24-22(19)17(15-28(24)3)14-21-23(30)18-6-4-5-7-20(18)32-21/h4-8,11,14-16H,9-10,12-13H2,1-3H3/b21-14-. The first kappa shape index (κ1) is 20.3. The van der Waals surface area contributed by atoms with Gasteiger partial charge >= 0.3 is 0 Å². The number of para-hydroxylation sites is 1. The van der Waals surface area contributed by atoms with Crippen LogP contribution in [0.3, 0.4) is 0 Å². The number of carbonyl (C=O) groups excluding carboxylic acids is 2. The van der Waals surface area contributed by atoms with E-state index < -0.39 is 0 Å². The van der Waals surface area contributed by atoms with Gasteiger partial charge in [-0.2, -0.15) is 0 Å². The fraction of sp³-hybridized carbons (Fsp3) is 0.320. The number of aryl methyl sites for hydroxylation is 1. The first-order valence-electron chi connectivity index (χ1n) is 10.9. The predicted molar refractivity (Wildman–Crippen MR) is 124 cm³/mol. The Balaban J connectivity index is 1.49. The van der Waals surface area contributed by atoms with Crippen LogP contribution in [0.5, 0.6) is 5.75 Å². The molecule has 0 radical (unpaired) electrons. The lowest BCUT2D eigenvalue weighted by Gasteiger charge is -2.34. The normalized spacial score (nSPS) is 17.7. The molecule has 5 rings (SSSR count). The number of ketones is 1. The molecule has 32 heavy (non-hydrogen) atoms. The first-order chi connectivity index (χ1) is 15.4. The smallest absolute Gasteiger partial charge is 0.231 e. The van der Waals surface area contributed by atoms with Gasteiger partial charge < -0.3 is 19.1 Å². The van der Waals surface area contributed by atoms with Crippen molar-refractivity contribution in [3.05, 3.63) is 59.6 Å². The Bertz CT molecular complexity index is 1250. The van der Waals surface area contributed by atoms with Crippen molar-refractivity contribution in [2.24, 2.45) is 13.0 Å². The van der Waals surface area contributed by atoms with E-state index in [1.165, 1.54) is 0 Å². The fourth-order valence-electron chi connectivity index (χ4n) is 4.70. The summed E-state index contributed by atoms with van der Waals surface area (Å²) in [5, 5.41) is 0.993. The summed E-state index contributed by atoms with van der Waals surface area (Å²) >= 11 is 0. The van der Waals surface area contributed by atoms with Crippen molar-refractivity contribution in [3.8, 4) is 5.75 Å². The van der Waals surface area contributed by atoms with Crippen LogP contribution in [-0.4, -0.2) is 53.3 Å². The van der Waals surface area contributed by atoms with Gasteiger partial charge in [0.05, 0.1) is 5.56 Å². The van der Waals surface area contributed by atoms with Crippen LogP contribution in [0.15, 0.2) is 48.5 Å². The van der Waals surface area contributed by atoms with Gasteiger partial charge in [-0.25, -0.2) is 4.98 Å². The molecule has 1 amide bonds. The highest BCUT2D eigenvalue weighted by Gasteiger charge is 2.29. The Hall–Kier alpha value is -3.61. The van der Waals surface area contributed by atoms with Crippen LogP contribution in [-0.2, 0) is 11.8 Å². The summed E-state index contributed by atoms with van der Waals surface area (Å²) in [5.41, 5.74) is 3.41. The lowest BCUT2D eigenvalue weighted by atomic mass is 9.95. The average molecular weight is 431 g/mol. The molecule has 1 fully saturated rings. The quantitative estimate of drug-likeness (QED) is 0.595. The molecule has 0 spiro atoms. The summed E-state index contributed by atoms with van der Waals surface area (Å²) in [6, 6.07) is 9.31. The van der Waals surface area contributed by atoms with Crippen molar-refractivity contribution in [3.63, 3.8) is 0 Å². The van der Waals surface area contributed by atoms with Crippen molar-refractivity contribution in [2.75, 3.05) is 32.1 Å². The largest absolute Gasteiger partial charge is 0.452 e. The Labute approximate surface area is 186 Å². The van der Waals surface area contributed by atoms with Gasteiger partial charge in [0.2, 0.25) is 11.7 Å². The van der Waals surface area contributed by atoms with Gasteiger partial charge in [-0.05, 0) is 37.1 Å².